The molecule has 1 aliphatic rings. The first-order valence-corrected chi connectivity index (χ1v) is 13.4. The SMILES string of the molecule is CC[C@@H]1CCN(S(=O)(=O)Nc2ccc(F)c(Nc3ccc4ncn(C)c(=O)c4c3F)c2Cl)C1.O=C(O)C(F)(F)F. The van der Waals surface area contributed by atoms with Gasteiger partial charge in [0, 0.05) is 20.1 Å². The van der Waals surface area contributed by atoms with Gasteiger partial charge in [0.2, 0.25) is 0 Å². The molecule has 0 aliphatic carbocycles. The fourth-order valence-electron chi connectivity index (χ4n) is 3.78. The summed E-state index contributed by atoms with van der Waals surface area (Å²) >= 11 is 6.31. The maximum atomic E-state index is 15.1. The lowest BCUT2D eigenvalue weighted by atomic mass is 10.1. The van der Waals surface area contributed by atoms with Crippen molar-refractivity contribution in [1.82, 2.24) is 13.9 Å². The Balaban J connectivity index is 0.000000559. The third-order valence-electron chi connectivity index (χ3n) is 6.02. The number of nitrogens with one attached hydrogen (secondary N) is 2. The van der Waals surface area contributed by atoms with E-state index in [0.717, 1.165) is 23.5 Å². The number of anilines is 3. The summed E-state index contributed by atoms with van der Waals surface area (Å²) in [6.07, 6.45) is -2.18. The van der Waals surface area contributed by atoms with Crippen molar-refractivity contribution in [3.8, 4) is 0 Å². The first-order valence-electron chi connectivity index (χ1n) is 11.5. The van der Waals surface area contributed by atoms with Crippen LogP contribution >= 0.6 is 11.6 Å². The molecule has 17 heteroatoms. The molecule has 0 unspecified atom stereocenters. The largest absolute Gasteiger partial charge is 0.490 e. The van der Waals surface area contributed by atoms with Crippen molar-refractivity contribution in [3.05, 3.63) is 57.6 Å². The highest BCUT2D eigenvalue weighted by Crippen LogP contribution is 2.37. The zero-order valence-corrected chi connectivity index (χ0v) is 22.5. The fraction of sp³-hybridized carbons (Fsp3) is 0.348. The van der Waals surface area contributed by atoms with Gasteiger partial charge in [-0.1, -0.05) is 24.9 Å². The minimum absolute atomic E-state index is 0.0562. The van der Waals surface area contributed by atoms with Gasteiger partial charge in [-0.2, -0.15) is 25.9 Å². The number of aryl methyl sites for hydroxylation is 1. The first-order chi connectivity index (χ1) is 18.6. The third kappa shape index (κ3) is 6.79. The normalized spacial score (nSPS) is 15.9. The Bertz CT molecular complexity index is 1600. The molecule has 218 valence electrons. The average Bonchev–Trinajstić information content (AvgIpc) is 3.37. The summed E-state index contributed by atoms with van der Waals surface area (Å²) in [4.78, 5) is 25.2. The molecule has 1 saturated heterocycles. The summed E-state index contributed by atoms with van der Waals surface area (Å²) in [7, 11) is -2.47. The summed E-state index contributed by atoms with van der Waals surface area (Å²) < 4.78 is 91.8. The number of rotatable bonds is 6. The number of nitrogens with zero attached hydrogens (tertiary/aromatic N) is 3. The molecular weight excluding hydrogens is 589 g/mol. The molecule has 3 aromatic rings. The van der Waals surface area contributed by atoms with Crippen molar-refractivity contribution < 1.29 is 40.3 Å². The Kier molecular flexibility index (Phi) is 9.26. The maximum absolute atomic E-state index is 15.1. The van der Waals surface area contributed by atoms with E-state index in [4.69, 9.17) is 21.5 Å². The zero-order chi connectivity index (χ0) is 30.0. The van der Waals surface area contributed by atoms with E-state index in [1.807, 2.05) is 6.92 Å². The minimum atomic E-state index is -5.08. The summed E-state index contributed by atoms with van der Waals surface area (Å²) in [5, 5.41) is 9.14. The molecular formula is C23H23ClF5N5O5S. The summed E-state index contributed by atoms with van der Waals surface area (Å²) in [5.74, 6) is -4.23. The van der Waals surface area contributed by atoms with Crippen molar-refractivity contribution in [2.45, 2.75) is 25.9 Å². The summed E-state index contributed by atoms with van der Waals surface area (Å²) in [6.45, 7) is 2.77. The number of alkyl halides is 3. The van der Waals surface area contributed by atoms with E-state index in [1.54, 1.807) is 0 Å². The van der Waals surface area contributed by atoms with Crippen LogP contribution in [0.3, 0.4) is 0 Å². The van der Waals surface area contributed by atoms with Crippen LogP contribution in [0.1, 0.15) is 19.8 Å². The van der Waals surface area contributed by atoms with Crippen LogP contribution in [0.2, 0.25) is 5.02 Å². The van der Waals surface area contributed by atoms with E-state index in [0.29, 0.717) is 13.1 Å². The molecule has 1 fully saturated rings. The highest BCUT2D eigenvalue weighted by Gasteiger charge is 2.38. The van der Waals surface area contributed by atoms with Crippen LogP contribution < -0.4 is 15.6 Å². The molecule has 0 bridgehead atoms. The number of carboxylic acid groups (broad SMARTS) is 1. The number of fused-ring (bicyclic) bond motifs is 1. The molecule has 2 aromatic carbocycles. The zero-order valence-electron chi connectivity index (χ0n) is 20.9. The lowest BCUT2D eigenvalue weighted by Crippen LogP contribution is -2.34. The molecule has 0 radical (unpaired) electrons. The van der Waals surface area contributed by atoms with Crippen LogP contribution in [-0.4, -0.2) is 52.6 Å². The van der Waals surface area contributed by atoms with Crippen LogP contribution in [0.5, 0.6) is 0 Å². The van der Waals surface area contributed by atoms with Crippen molar-refractivity contribution in [3.63, 3.8) is 0 Å². The van der Waals surface area contributed by atoms with Crippen LogP contribution in [-0.2, 0) is 22.1 Å². The Morgan fingerprint density at radius 2 is 1.82 bits per heavy atom. The van der Waals surface area contributed by atoms with Crippen LogP contribution in [0.25, 0.3) is 10.9 Å². The summed E-state index contributed by atoms with van der Waals surface area (Å²) in [6, 6.07) is 4.93. The molecule has 40 heavy (non-hydrogen) atoms. The van der Waals surface area contributed by atoms with Crippen molar-refractivity contribution >= 4 is 55.7 Å². The fourth-order valence-corrected chi connectivity index (χ4v) is 5.42. The van der Waals surface area contributed by atoms with E-state index in [-0.39, 0.29) is 38.9 Å². The van der Waals surface area contributed by atoms with Gasteiger partial charge < -0.3 is 15.0 Å². The molecule has 1 aromatic heterocycles. The molecule has 1 aliphatic heterocycles. The molecule has 0 amide bonds. The Hall–Kier alpha value is -3.50. The van der Waals surface area contributed by atoms with Crippen LogP contribution in [0.15, 0.2) is 35.4 Å². The number of hydrogen-bond donors (Lipinski definition) is 3. The molecule has 0 spiro atoms. The maximum Gasteiger partial charge on any atom is 0.490 e. The first kappa shape index (κ1) is 31.0. The third-order valence-corrected chi connectivity index (χ3v) is 7.90. The van der Waals surface area contributed by atoms with Gasteiger partial charge in [0.1, 0.15) is 11.2 Å². The van der Waals surface area contributed by atoms with Gasteiger partial charge in [-0.05, 0) is 36.6 Å². The second kappa shape index (κ2) is 11.9. The predicted octanol–water partition coefficient (Wildman–Crippen LogP) is 4.63. The number of carbonyl (C=O) groups is 1. The van der Waals surface area contributed by atoms with Crippen molar-refractivity contribution in [1.29, 1.82) is 0 Å². The van der Waals surface area contributed by atoms with Gasteiger partial charge in [0.15, 0.2) is 5.82 Å². The minimum Gasteiger partial charge on any atom is -0.475 e. The lowest BCUT2D eigenvalue weighted by molar-refractivity contribution is -0.192. The van der Waals surface area contributed by atoms with Gasteiger partial charge in [0.25, 0.3) is 5.56 Å². The van der Waals surface area contributed by atoms with Crippen molar-refractivity contribution in [2.75, 3.05) is 23.1 Å². The Labute approximate surface area is 229 Å². The Morgan fingerprint density at radius 1 is 1.20 bits per heavy atom. The monoisotopic (exact) mass is 611 g/mol. The second-order valence-electron chi connectivity index (χ2n) is 8.72. The topological polar surface area (TPSA) is 134 Å². The summed E-state index contributed by atoms with van der Waals surface area (Å²) in [5.41, 5.74) is -1.06. The average molecular weight is 612 g/mol. The highest BCUT2D eigenvalue weighted by molar-refractivity contribution is 7.90. The van der Waals surface area contributed by atoms with Gasteiger partial charge in [-0.3, -0.25) is 9.52 Å². The molecule has 4 rings (SSSR count). The van der Waals surface area contributed by atoms with Crippen molar-refractivity contribution in [2.24, 2.45) is 13.0 Å². The number of carboxylic acids is 1. The second-order valence-corrected chi connectivity index (χ2v) is 10.8. The molecule has 2 heterocycles. The van der Waals surface area contributed by atoms with Crippen LogP contribution in [0.4, 0.5) is 39.0 Å². The van der Waals surface area contributed by atoms with Gasteiger partial charge in [-0.25, -0.2) is 18.6 Å². The molecule has 3 N–H and O–H groups in total. The number of benzene rings is 2. The van der Waals surface area contributed by atoms with E-state index < -0.39 is 39.5 Å². The van der Waals surface area contributed by atoms with E-state index in [1.165, 1.54) is 35.9 Å². The van der Waals surface area contributed by atoms with E-state index in [2.05, 4.69) is 15.0 Å². The predicted molar refractivity (Wildman–Crippen MR) is 138 cm³/mol. The number of aliphatic carboxylic acids is 1. The van der Waals surface area contributed by atoms with E-state index in [9.17, 15) is 30.8 Å². The smallest absolute Gasteiger partial charge is 0.475 e. The molecule has 0 saturated carbocycles. The quantitative estimate of drug-likeness (QED) is 0.346. The lowest BCUT2D eigenvalue weighted by Gasteiger charge is -2.20. The van der Waals surface area contributed by atoms with E-state index >= 15 is 4.39 Å². The number of hydrogen-bond acceptors (Lipinski definition) is 6. The number of aromatic nitrogens is 2. The Morgan fingerprint density at radius 3 is 2.40 bits per heavy atom. The highest BCUT2D eigenvalue weighted by atomic mass is 35.5. The standard InChI is InChI=1S/C21H22ClF2N5O3S.C2HF3O2/c1-3-12-8-9-29(10-12)33(31,32)27-15-5-4-13(23)20(18(15)22)26-16-7-6-14-17(19(16)24)21(30)28(2)11-25-14;3-2(4,5)1(6)7/h4-7,11-12,26-27H,3,8-10H2,1-2H3;(H,6,7)/t12-;/m1./s1. The van der Waals surface area contributed by atoms with Gasteiger partial charge in [0.05, 0.1) is 33.9 Å². The molecule has 10 nitrogen and oxygen atoms in total. The van der Waals surface area contributed by atoms with Gasteiger partial charge >= 0.3 is 22.4 Å². The molecule has 1 atom stereocenters. The van der Waals surface area contributed by atoms with Crippen LogP contribution in [0, 0.1) is 17.6 Å². The van der Waals surface area contributed by atoms with Gasteiger partial charge in [-0.15, -0.1) is 0 Å². The number of halogens is 6.